The van der Waals surface area contributed by atoms with Gasteiger partial charge in [-0.25, -0.2) is 19.2 Å². The molecule has 1 atom stereocenters. The number of carbonyl (C=O) groups excluding carboxylic acids is 1. The zero-order chi connectivity index (χ0) is 19.0. The number of imidazole rings is 1. The van der Waals surface area contributed by atoms with Crippen LogP contribution in [0.25, 0.3) is 11.2 Å². The normalized spacial score (nSPS) is 16.7. The number of methoxy groups -OCH3 is 1. The van der Waals surface area contributed by atoms with Crippen molar-refractivity contribution in [2.24, 2.45) is 7.05 Å². The molecule has 8 heteroatoms. The quantitative estimate of drug-likeness (QED) is 0.770. The van der Waals surface area contributed by atoms with Crippen molar-refractivity contribution >= 4 is 22.9 Å². The number of anilines is 1. The number of halogens is 1. The number of hydrogen-bond acceptors (Lipinski definition) is 4. The van der Waals surface area contributed by atoms with Gasteiger partial charge in [0.15, 0.2) is 17.2 Å². The molecule has 27 heavy (non-hydrogen) atoms. The largest absolute Gasteiger partial charge is 0.494 e. The van der Waals surface area contributed by atoms with Gasteiger partial charge in [0.1, 0.15) is 11.3 Å². The van der Waals surface area contributed by atoms with Crippen molar-refractivity contribution in [3.8, 4) is 5.75 Å². The first-order valence-corrected chi connectivity index (χ1v) is 8.73. The molecule has 1 fully saturated rings. The summed E-state index contributed by atoms with van der Waals surface area (Å²) in [6.07, 6.45) is 2.57. The number of aryl methyl sites for hydroxylation is 1. The van der Waals surface area contributed by atoms with E-state index < -0.39 is 5.82 Å². The molecule has 0 aliphatic carbocycles. The third kappa shape index (κ3) is 3.18. The van der Waals surface area contributed by atoms with Gasteiger partial charge in [-0.3, -0.25) is 0 Å². The number of urea groups is 1. The second-order valence-corrected chi connectivity index (χ2v) is 6.59. The summed E-state index contributed by atoms with van der Waals surface area (Å²) in [7, 11) is 3.35. The predicted octanol–water partition coefficient (Wildman–Crippen LogP) is 3.14. The maximum absolute atomic E-state index is 13.8. The van der Waals surface area contributed by atoms with E-state index in [9.17, 15) is 9.18 Å². The summed E-state index contributed by atoms with van der Waals surface area (Å²) in [6, 6.07) is 7.90. The minimum atomic E-state index is -0.512. The van der Waals surface area contributed by atoms with Crippen molar-refractivity contribution in [2.45, 2.75) is 12.3 Å². The molecular weight excluding hydrogens is 349 g/mol. The van der Waals surface area contributed by atoms with E-state index in [2.05, 4.69) is 15.3 Å². The Morgan fingerprint density at radius 3 is 2.96 bits per heavy atom. The monoisotopic (exact) mass is 369 g/mol. The Kier molecular flexibility index (Phi) is 4.39. The topological polar surface area (TPSA) is 72.3 Å². The van der Waals surface area contributed by atoms with E-state index in [0.717, 1.165) is 23.4 Å². The molecule has 2 aromatic heterocycles. The van der Waals surface area contributed by atoms with Crippen molar-refractivity contribution < 1.29 is 13.9 Å². The second-order valence-electron chi connectivity index (χ2n) is 6.59. The van der Waals surface area contributed by atoms with E-state index in [1.54, 1.807) is 17.2 Å². The van der Waals surface area contributed by atoms with Crippen molar-refractivity contribution in [2.75, 3.05) is 25.5 Å². The molecule has 0 unspecified atom stereocenters. The molecule has 3 heterocycles. The van der Waals surface area contributed by atoms with Crippen LogP contribution in [-0.4, -0.2) is 45.7 Å². The molecular formula is C19H20FN5O2. The average molecular weight is 369 g/mol. The van der Waals surface area contributed by atoms with Gasteiger partial charge < -0.3 is 19.5 Å². The lowest BCUT2D eigenvalue weighted by Crippen LogP contribution is -2.33. The van der Waals surface area contributed by atoms with Gasteiger partial charge >= 0.3 is 6.03 Å². The highest BCUT2D eigenvalue weighted by molar-refractivity contribution is 5.89. The fourth-order valence-corrected chi connectivity index (χ4v) is 3.51. The van der Waals surface area contributed by atoms with Gasteiger partial charge in [0.2, 0.25) is 0 Å². The number of nitrogens with one attached hydrogen (secondary N) is 1. The molecule has 4 rings (SSSR count). The van der Waals surface area contributed by atoms with Crippen molar-refractivity contribution in [3.05, 3.63) is 48.2 Å². The number of likely N-dealkylation sites (tertiary alicyclic amines) is 1. The number of rotatable bonds is 3. The van der Waals surface area contributed by atoms with Gasteiger partial charge in [-0.1, -0.05) is 0 Å². The van der Waals surface area contributed by atoms with Gasteiger partial charge in [0, 0.05) is 44.0 Å². The summed E-state index contributed by atoms with van der Waals surface area (Å²) in [5.41, 5.74) is 2.09. The summed E-state index contributed by atoms with van der Waals surface area (Å²) in [5.74, 6) is 0.698. The summed E-state index contributed by atoms with van der Waals surface area (Å²) in [6.45, 7) is 1.17. The summed E-state index contributed by atoms with van der Waals surface area (Å²) >= 11 is 0. The van der Waals surface area contributed by atoms with E-state index in [1.807, 2.05) is 23.7 Å². The molecule has 0 saturated carbocycles. The summed E-state index contributed by atoms with van der Waals surface area (Å²) in [4.78, 5) is 23.3. The number of aromatic nitrogens is 3. The van der Waals surface area contributed by atoms with E-state index in [0.29, 0.717) is 18.8 Å². The minimum Gasteiger partial charge on any atom is -0.494 e. The first-order chi connectivity index (χ1) is 13.1. The Balaban J connectivity index is 1.46. The molecule has 0 spiro atoms. The lowest BCUT2D eigenvalue weighted by molar-refractivity contribution is 0.222. The number of carbonyl (C=O) groups is 1. The van der Waals surface area contributed by atoms with Gasteiger partial charge in [-0.2, -0.15) is 0 Å². The number of amides is 2. The molecule has 0 radical (unpaired) electrons. The maximum atomic E-state index is 13.8. The maximum Gasteiger partial charge on any atom is 0.321 e. The van der Waals surface area contributed by atoms with Crippen LogP contribution in [0.5, 0.6) is 5.75 Å². The van der Waals surface area contributed by atoms with Crippen LogP contribution in [0.3, 0.4) is 0 Å². The van der Waals surface area contributed by atoms with Crippen LogP contribution in [0.15, 0.2) is 36.5 Å². The van der Waals surface area contributed by atoms with Crippen LogP contribution in [-0.2, 0) is 7.05 Å². The molecule has 1 aliphatic heterocycles. The number of pyridine rings is 1. The zero-order valence-corrected chi connectivity index (χ0v) is 15.1. The van der Waals surface area contributed by atoms with E-state index >= 15 is 0 Å². The van der Waals surface area contributed by atoms with Crippen LogP contribution in [0.1, 0.15) is 18.2 Å². The van der Waals surface area contributed by atoms with E-state index in [-0.39, 0.29) is 17.7 Å². The van der Waals surface area contributed by atoms with Crippen LogP contribution < -0.4 is 10.1 Å². The van der Waals surface area contributed by atoms with Gasteiger partial charge in [-0.05, 0) is 30.7 Å². The number of fused-ring (bicyclic) bond motifs is 1. The van der Waals surface area contributed by atoms with Crippen molar-refractivity contribution in [1.29, 1.82) is 0 Å². The lowest BCUT2D eigenvalue weighted by Gasteiger charge is -2.17. The standard InChI is InChI=1S/C19H20FN5O2/c1-24-17(23-15-4-3-8-21-18(15)24)12-7-9-25(11-12)19(26)22-13-5-6-16(27-2)14(20)10-13/h3-6,8,10,12H,7,9,11H2,1-2H3,(H,22,26)/t12-/m1/s1. The van der Waals surface area contributed by atoms with Gasteiger partial charge in [0.25, 0.3) is 0 Å². The zero-order valence-electron chi connectivity index (χ0n) is 15.1. The highest BCUT2D eigenvalue weighted by Crippen LogP contribution is 2.29. The SMILES string of the molecule is COc1ccc(NC(=O)N2CC[C@@H](c3nc4cccnc4n3C)C2)cc1F. The number of nitrogens with zero attached hydrogens (tertiary/aromatic N) is 4. The van der Waals surface area contributed by atoms with Crippen LogP contribution in [0, 0.1) is 5.82 Å². The average Bonchev–Trinajstić information content (AvgIpc) is 3.27. The molecule has 1 aliphatic rings. The molecule has 7 nitrogen and oxygen atoms in total. The minimum absolute atomic E-state index is 0.141. The van der Waals surface area contributed by atoms with Crippen LogP contribution in [0.4, 0.5) is 14.9 Å². The molecule has 1 saturated heterocycles. The number of hydrogen-bond donors (Lipinski definition) is 1. The number of ether oxygens (including phenoxy) is 1. The highest BCUT2D eigenvalue weighted by Gasteiger charge is 2.30. The fraction of sp³-hybridized carbons (Fsp3) is 0.316. The highest BCUT2D eigenvalue weighted by atomic mass is 19.1. The Labute approximate surface area is 155 Å². The molecule has 1 N–H and O–H groups in total. The third-order valence-corrected chi connectivity index (χ3v) is 4.91. The molecule has 2 amide bonds. The van der Waals surface area contributed by atoms with Crippen molar-refractivity contribution in [1.82, 2.24) is 19.4 Å². The summed E-state index contributed by atoms with van der Waals surface area (Å²) in [5, 5.41) is 2.74. The molecule has 0 bridgehead atoms. The lowest BCUT2D eigenvalue weighted by atomic mass is 10.1. The Morgan fingerprint density at radius 2 is 2.22 bits per heavy atom. The van der Waals surface area contributed by atoms with E-state index in [4.69, 9.17) is 4.74 Å². The second kappa shape index (κ2) is 6.86. The van der Waals surface area contributed by atoms with Gasteiger partial charge in [-0.15, -0.1) is 0 Å². The molecule has 1 aromatic carbocycles. The van der Waals surface area contributed by atoms with Crippen molar-refractivity contribution in [3.63, 3.8) is 0 Å². The first kappa shape index (κ1) is 17.3. The van der Waals surface area contributed by atoms with Crippen LogP contribution >= 0.6 is 0 Å². The van der Waals surface area contributed by atoms with Crippen LogP contribution in [0.2, 0.25) is 0 Å². The van der Waals surface area contributed by atoms with Gasteiger partial charge in [0.05, 0.1) is 7.11 Å². The first-order valence-electron chi connectivity index (χ1n) is 8.73. The smallest absolute Gasteiger partial charge is 0.321 e. The Hall–Kier alpha value is -3.16. The number of benzene rings is 1. The third-order valence-electron chi connectivity index (χ3n) is 4.91. The molecule has 3 aromatic rings. The molecule has 140 valence electrons. The van der Waals surface area contributed by atoms with E-state index in [1.165, 1.54) is 19.2 Å². The fourth-order valence-electron chi connectivity index (χ4n) is 3.51. The summed E-state index contributed by atoms with van der Waals surface area (Å²) < 4.78 is 20.7. The Morgan fingerprint density at radius 1 is 1.37 bits per heavy atom. The predicted molar refractivity (Wildman–Crippen MR) is 99.4 cm³/mol. The Bertz CT molecular complexity index is 1000.